The Kier molecular flexibility index (Phi) is 5.40. The quantitative estimate of drug-likeness (QED) is 0.532. The van der Waals surface area contributed by atoms with Crippen LogP contribution in [0.15, 0.2) is 59.9 Å². The second kappa shape index (κ2) is 8.39. The van der Waals surface area contributed by atoms with Crippen LogP contribution in [0.2, 0.25) is 0 Å². The van der Waals surface area contributed by atoms with E-state index in [1.165, 1.54) is 18.9 Å². The maximum absolute atomic E-state index is 13.9. The Balaban J connectivity index is 1.35. The number of carbonyl (C=O) groups is 1. The third kappa shape index (κ3) is 4.11. The van der Waals surface area contributed by atoms with E-state index in [9.17, 15) is 13.6 Å². The van der Waals surface area contributed by atoms with Crippen molar-refractivity contribution >= 4 is 17.4 Å². The lowest BCUT2D eigenvalue weighted by Crippen LogP contribution is -2.24. The van der Waals surface area contributed by atoms with Crippen LogP contribution in [-0.2, 0) is 4.84 Å². The number of hydrogen-bond acceptors (Lipinski definition) is 4. The Morgan fingerprint density at radius 1 is 1.03 bits per heavy atom. The molecule has 1 aromatic heterocycles. The minimum Gasteiger partial charge on any atom is -0.389 e. The van der Waals surface area contributed by atoms with Crippen LogP contribution in [0.1, 0.15) is 53.6 Å². The Morgan fingerprint density at radius 3 is 2.45 bits per heavy atom. The lowest BCUT2D eigenvalue weighted by atomic mass is 9.91. The van der Waals surface area contributed by atoms with Crippen molar-refractivity contribution in [2.24, 2.45) is 5.16 Å². The van der Waals surface area contributed by atoms with E-state index in [2.05, 4.69) is 27.6 Å². The molecular formula is C26H23F2N3O2. The number of nitrogens with zero attached hydrogens (tertiary/aromatic N) is 2. The first-order valence-electron chi connectivity index (χ1n) is 11.0. The van der Waals surface area contributed by atoms with Crippen molar-refractivity contribution in [3.63, 3.8) is 0 Å². The molecular weight excluding hydrogens is 424 g/mol. The van der Waals surface area contributed by atoms with Crippen molar-refractivity contribution in [2.45, 2.75) is 44.6 Å². The average molecular weight is 447 g/mol. The first-order valence-corrected chi connectivity index (χ1v) is 11.0. The highest BCUT2D eigenvalue weighted by Gasteiger charge is 2.41. The molecule has 5 rings (SSSR count). The van der Waals surface area contributed by atoms with Crippen LogP contribution in [0.3, 0.4) is 0 Å². The maximum Gasteiger partial charge on any atom is 0.262 e. The monoisotopic (exact) mass is 447 g/mol. The van der Waals surface area contributed by atoms with Crippen molar-refractivity contribution < 1.29 is 18.4 Å². The molecule has 168 valence electrons. The van der Waals surface area contributed by atoms with E-state index in [0.29, 0.717) is 0 Å². The highest BCUT2D eigenvalue weighted by molar-refractivity contribution is 6.04. The lowest BCUT2D eigenvalue weighted by Gasteiger charge is -2.19. The number of amides is 1. The number of oxime groups is 1. The van der Waals surface area contributed by atoms with Gasteiger partial charge in [-0.2, -0.15) is 0 Å². The molecule has 0 saturated heterocycles. The fourth-order valence-corrected chi connectivity index (χ4v) is 4.60. The van der Waals surface area contributed by atoms with Crippen molar-refractivity contribution in [1.29, 1.82) is 0 Å². The molecule has 1 fully saturated rings. The number of benzene rings is 2. The van der Waals surface area contributed by atoms with Gasteiger partial charge in [-0.3, -0.25) is 4.79 Å². The van der Waals surface area contributed by atoms with Gasteiger partial charge in [-0.05, 0) is 74.1 Å². The molecule has 7 heteroatoms. The van der Waals surface area contributed by atoms with Gasteiger partial charge in [-0.15, -0.1) is 0 Å². The number of aryl methyl sites for hydroxylation is 1. The van der Waals surface area contributed by atoms with E-state index in [1.807, 2.05) is 19.1 Å². The summed E-state index contributed by atoms with van der Waals surface area (Å²) in [6, 6.07) is 12.9. The maximum atomic E-state index is 13.9. The second-order valence-corrected chi connectivity index (χ2v) is 8.71. The highest BCUT2D eigenvalue weighted by atomic mass is 19.1. The van der Waals surface area contributed by atoms with Gasteiger partial charge in [0.05, 0.1) is 5.71 Å². The van der Waals surface area contributed by atoms with Crippen molar-refractivity contribution in [2.75, 3.05) is 5.32 Å². The van der Waals surface area contributed by atoms with Crippen LogP contribution >= 0.6 is 0 Å². The van der Waals surface area contributed by atoms with Crippen molar-refractivity contribution in [3.05, 3.63) is 83.1 Å². The summed E-state index contributed by atoms with van der Waals surface area (Å²) in [6.07, 6.45) is 6.91. The van der Waals surface area contributed by atoms with Gasteiger partial charge in [0.15, 0.2) is 0 Å². The molecule has 3 aromatic rings. The summed E-state index contributed by atoms with van der Waals surface area (Å²) in [5, 5.41) is 6.84. The topological polar surface area (TPSA) is 63.6 Å². The van der Waals surface area contributed by atoms with Gasteiger partial charge in [-0.25, -0.2) is 13.8 Å². The van der Waals surface area contributed by atoms with Gasteiger partial charge in [0.25, 0.3) is 5.91 Å². The summed E-state index contributed by atoms with van der Waals surface area (Å²) in [5.74, 6) is -2.52. The lowest BCUT2D eigenvalue weighted by molar-refractivity contribution is -0.0126. The zero-order valence-electron chi connectivity index (χ0n) is 18.2. The van der Waals surface area contributed by atoms with E-state index in [-0.39, 0.29) is 11.4 Å². The van der Waals surface area contributed by atoms with E-state index in [1.54, 1.807) is 12.3 Å². The van der Waals surface area contributed by atoms with Crippen molar-refractivity contribution in [3.8, 4) is 11.1 Å². The van der Waals surface area contributed by atoms with Gasteiger partial charge >= 0.3 is 0 Å². The molecule has 33 heavy (non-hydrogen) atoms. The number of aromatic nitrogens is 1. The SMILES string of the molecule is Cc1ccc(C2=NOC3(CCCC3)C2)cc1-c1ccc(NC(=O)c2c(F)cccc2F)nc1. The smallest absolute Gasteiger partial charge is 0.262 e. The summed E-state index contributed by atoms with van der Waals surface area (Å²) in [7, 11) is 0. The molecule has 1 spiro atoms. The number of halogens is 2. The number of nitrogens with one attached hydrogen (secondary N) is 1. The predicted octanol–water partition coefficient (Wildman–Crippen LogP) is 6.02. The van der Waals surface area contributed by atoms with E-state index in [4.69, 9.17) is 4.84 Å². The Bertz CT molecular complexity index is 1230. The highest BCUT2D eigenvalue weighted by Crippen LogP contribution is 2.41. The first-order chi connectivity index (χ1) is 15.9. The van der Waals surface area contributed by atoms with Gasteiger partial charge in [-0.1, -0.05) is 23.4 Å². The van der Waals surface area contributed by atoms with Crippen LogP contribution < -0.4 is 5.32 Å². The van der Waals surface area contributed by atoms with E-state index >= 15 is 0 Å². The third-order valence-corrected chi connectivity index (χ3v) is 6.43. The van der Waals surface area contributed by atoms with Crippen LogP contribution in [0.5, 0.6) is 0 Å². The Hall–Kier alpha value is -3.61. The summed E-state index contributed by atoms with van der Waals surface area (Å²) in [6.45, 7) is 2.02. The molecule has 0 atom stereocenters. The largest absolute Gasteiger partial charge is 0.389 e. The molecule has 1 saturated carbocycles. The molecule has 2 heterocycles. The normalized spacial score (nSPS) is 16.5. The fourth-order valence-electron chi connectivity index (χ4n) is 4.60. The van der Waals surface area contributed by atoms with Crippen LogP contribution in [0.25, 0.3) is 11.1 Å². The van der Waals surface area contributed by atoms with Gasteiger partial charge in [0.1, 0.15) is 28.6 Å². The fraction of sp³-hybridized carbons (Fsp3) is 0.269. The van der Waals surface area contributed by atoms with E-state index < -0.39 is 23.1 Å². The molecule has 1 aliphatic carbocycles. The van der Waals surface area contributed by atoms with Crippen LogP contribution in [0.4, 0.5) is 14.6 Å². The third-order valence-electron chi connectivity index (χ3n) is 6.43. The molecule has 0 radical (unpaired) electrons. The number of carbonyl (C=O) groups excluding carboxylic acids is 1. The minimum absolute atomic E-state index is 0.126. The summed E-state index contributed by atoms with van der Waals surface area (Å²) >= 11 is 0. The molecule has 0 bridgehead atoms. The first kappa shape index (κ1) is 21.2. The standard InChI is InChI=1S/C26H23F2N3O2/c1-16-7-8-17(22-14-26(33-31-22)11-2-3-12-26)13-19(16)18-9-10-23(29-15-18)30-25(32)24-20(27)5-4-6-21(24)28/h4-10,13,15H,2-3,11-12,14H2,1H3,(H,29,30,32). The van der Waals surface area contributed by atoms with Crippen molar-refractivity contribution in [1.82, 2.24) is 4.98 Å². The molecule has 0 unspecified atom stereocenters. The van der Waals surface area contributed by atoms with Gasteiger partial charge < -0.3 is 10.2 Å². The zero-order chi connectivity index (χ0) is 23.0. The number of pyridine rings is 1. The zero-order valence-corrected chi connectivity index (χ0v) is 18.2. The molecule has 1 amide bonds. The molecule has 1 aliphatic heterocycles. The van der Waals surface area contributed by atoms with Gasteiger partial charge in [0, 0.05) is 23.7 Å². The predicted molar refractivity (Wildman–Crippen MR) is 122 cm³/mol. The van der Waals surface area contributed by atoms with Crippen LogP contribution in [-0.4, -0.2) is 22.2 Å². The molecule has 1 N–H and O–H groups in total. The molecule has 2 aliphatic rings. The average Bonchev–Trinajstić information content (AvgIpc) is 3.44. The summed E-state index contributed by atoms with van der Waals surface area (Å²) in [4.78, 5) is 22.4. The number of anilines is 1. The van der Waals surface area contributed by atoms with E-state index in [0.717, 1.165) is 59.4 Å². The molecule has 5 nitrogen and oxygen atoms in total. The Morgan fingerprint density at radius 2 is 1.76 bits per heavy atom. The second-order valence-electron chi connectivity index (χ2n) is 8.71. The van der Waals surface area contributed by atoms with Crippen LogP contribution in [0, 0.1) is 18.6 Å². The number of hydrogen-bond donors (Lipinski definition) is 1. The number of rotatable bonds is 4. The minimum atomic E-state index is -0.922. The Labute approximate surface area is 190 Å². The van der Waals surface area contributed by atoms with Gasteiger partial charge in [0.2, 0.25) is 0 Å². The summed E-state index contributed by atoms with van der Waals surface area (Å²) in [5.41, 5.74) is 4.15. The summed E-state index contributed by atoms with van der Waals surface area (Å²) < 4.78 is 27.7. The molecule has 2 aromatic carbocycles.